The summed E-state index contributed by atoms with van der Waals surface area (Å²) in [5.74, 6) is 2.70. The molecule has 1 spiro atoms. The number of nitrogens with zero attached hydrogens (tertiary/aromatic N) is 5. The van der Waals surface area contributed by atoms with Gasteiger partial charge in [-0.3, -0.25) is 0 Å². The molecule has 0 aliphatic heterocycles. The van der Waals surface area contributed by atoms with Crippen molar-refractivity contribution in [1.29, 1.82) is 0 Å². The topological polar surface area (TPSA) is 64.5 Å². The molecule has 5 nitrogen and oxygen atoms in total. The lowest BCUT2D eigenvalue weighted by atomic mass is 9.55. The van der Waals surface area contributed by atoms with Gasteiger partial charge in [0.15, 0.2) is 23.3 Å². The van der Waals surface area contributed by atoms with Crippen molar-refractivity contribution in [3.63, 3.8) is 0 Å². The quantitative estimate of drug-likeness (QED) is 0.172. The smallest absolute Gasteiger partial charge is 0.164 e. The fourth-order valence-electron chi connectivity index (χ4n) is 12.3. The van der Waals surface area contributed by atoms with E-state index in [9.17, 15) is 0 Å². The van der Waals surface area contributed by atoms with Gasteiger partial charge in [-0.1, -0.05) is 202 Å². The van der Waals surface area contributed by atoms with Gasteiger partial charge in [0.05, 0.1) is 21.3 Å². The van der Waals surface area contributed by atoms with Crippen LogP contribution in [0.5, 0.6) is 0 Å². The molecule has 340 valence electrons. The van der Waals surface area contributed by atoms with E-state index in [1.165, 1.54) is 58.6 Å². The van der Waals surface area contributed by atoms with Crippen molar-refractivity contribution in [1.82, 2.24) is 24.9 Å². The number of rotatable bonds is 5. The molecule has 0 radical (unpaired) electrons. The second-order valence-corrected chi connectivity index (χ2v) is 22.0. The summed E-state index contributed by atoms with van der Waals surface area (Å²) in [6.07, 6.45) is 5.62. The molecule has 0 saturated heterocycles. The van der Waals surface area contributed by atoms with Gasteiger partial charge >= 0.3 is 0 Å². The molecule has 1 atom stereocenters. The second-order valence-electron chi connectivity index (χ2n) is 19.8. The molecule has 0 amide bonds. The lowest BCUT2D eigenvalue weighted by molar-refractivity contribution is 0.563. The Hall–Kier alpha value is -8.23. The highest BCUT2D eigenvalue weighted by molar-refractivity contribution is 7.26. The average Bonchev–Trinajstić information content (AvgIpc) is 4.11. The van der Waals surface area contributed by atoms with Crippen molar-refractivity contribution in [2.75, 3.05) is 0 Å². The minimum absolute atomic E-state index is 0.0907. The highest BCUT2D eigenvalue weighted by Crippen LogP contribution is 2.63. The highest BCUT2D eigenvalue weighted by atomic mass is 32.1. The fraction of sp³-hybridized carbons (Fsp3) is 0.0923. The molecule has 0 N–H and O–H groups in total. The molecule has 15 rings (SSSR count). The number of thiophene rings is 2. The van der Waals surface area contributed by atoms with Crippen LogP contribution in [0.2, 0.25) is 0 Å². The van der Waals surface area contributed by atoms with E-state index in [0.717, 1.165) is 66.9 Å². The fourth-order valence-corrected chi connectivity index (χ4v) is 14.8. The Bertz CT molecular complexity index is 4140. The normalized spacial score (nSPS) is 15.6. The first-order valence-electron chi connectivity index (χ1n) is 24.7. The van der Waals surface area contributed by atoms with Crippen LogP contribution in [0.1, 0.15) is 69.3 Å². The molecule has 0 fully saturated rings. The molecule has 3 aliphatic rings. The van der Waals surface area contributed by atoms with Crippen LogP contribution in [0, 0.1) is 0 Å². The van der Waals surface area contributed by atoms with E-state index >= 15 is 0 Å². The van der Waals surface area contributed by atoms with Crippen LogP contribution < -0.4 is 0 Å². The van der Waals surface area contributed by atoms with E-state index in [0.29, 0.717) is 17.5 Å². The number of hydrogen-bond donors (Lipinski definition) is 0. The van der Waals surface area contributed by atoms with Gasteiger partial charge in [0.1, 0.15) is 0 Å². The van der Waals surface area contributed by atoms with E-state index in [1.54, 1.807) is 0 Å². The standard InChI is InChI=1S/C65H43N5S2/c1-64(2)48-25-11-13-27-50(48)65(51-28-14-12-26-49(51)64)47-35-33-41(36-46(47)56-45(24-17-29-52(56)65)63-69-60(38-18-5-3-6-19-38)68-61(70-63)39-20-7-4-8-21-39)62-66-57(59-58(67-62)44-23-10-16-31-54(44)72-59)40-32-34-43-42-22-9-15-30-53(42)71-55(43)37-40/h3-36,40H,37H2,1-2H3. The Morgan fingerprint density at radius 2 is 1.01 bits per heavy atom. The summed E-state index contributed by atoms with van der Waals surface area (Å²) in [5.41, 5.74) is 16.2. The van der Waals surface area contributed by atoms with Gasteiger partial charge in [0.25, 0.3) is 0 Å². The number of allylic oxidation sites excluding steroid dienone is 1. The maximum Gasteiger partial charge on any atom is 0.164 e. The Morgan fingerprint density at radius 3 is 1.71 bits per heavy atom. The first-order chi connectivity index (χ1) is 35.4. The summed E-state index contributed by atoms with van der Waals surface area (Å²) < 4.78 is 3.70. The number of benzene rings is 8. The Morgan fingerprint density at radius 1 is 0.444 bits per heavy atom. The lowest BCUT2D eigenvalue weighted by Gasteiger charge is -2.46. The predicted octanol–water partition coefficient (Wildman–Crippen LogP) is 16.3. The Balaban J connectivity index is 1.00. The van der Waals surface area contributed by atoms with Crippen molar-refractivity contribution in [3.05, 3.63) is 250 Å². The lowest BCUT2D eigenvalue weighted by Crippen LogP contribution is -2.40. The predicted molar refractivity (Wildman–Crippen MR) is 297 cm³/mol. The highest BCUT2D eigenvalue weighted by Gasteiger charge is 2.54. The van der Waals surface area contributed by atoms with Crippen LogP contribution in [0.15, 0.2) is 200 Å². The van der Waals surface area contributed by atoms with Crippen LogP contribution in [0.4, 0.5) is 0 Å². The molecule has 8 aromatic carbocycles. The summed E-state index contributed by atoms with van der Waals surface area (Å²) in [7, 11) is 0. The summed E-state index contributed by atoms with van der Waals surface area (Å²) in [5, 5.41) is 2.49. The first kappa shape index (κ1) is 41.5. The molecule has 1 unspecified atom stereocenters. The van der Waals surface area contributed by atoms with Gasteiger partial charge in [-0.05, 0) is 80.1 Å². The van der Waals surface area contributed by atoms with Gasteiger partial charge in [-0.25, -0.2) is 24.9 Å². The maximum atomic E-state index is 5.68. The Labute approximate surface area is 425 Å². The molecule has 12 aromatic rings. The van der Waals surface area contributed by atoms with Crippen molar-refractivity contribution < 1.29 is 0 Å². The molecule has 7 heteroatoms. The molecule has 4 aromatic heterocycles. The minimum atomic E-state index is -0.645. The molecule has 0 bridgehead atoms. The van der Waals surface area contributed by atoms with Gasteiger partial charge < -0.3 is 0 Å². The van der Waals surface area contributed by atoms with Crippen LogP contribution >= 0.6 is 22.7 Å². The van der Waals surface area contributed by atoms with Crippen molar-refractivity contribution in [2.24, 2.45) is 0 Å². The van der Waals surface area contributed by atoms with E-state index in [4.69, 9.17) is 24.9 Å². The summed E-state index contributed by atoms with van der Waals surface area (Å²) in [4.78, 5) is 28.5. The van der Waals surface area contributed by atoms with Crippen LogP contribution in [-0.2, 0) is 17.3 Å². The summed E-state index contributed by atoms with van der Waals surface area (Å²) in [6, 6.07) is 70.0. The van der Waals surface area contributed by atoms with Crippen molar-refractivity contribution in [2.45, 2.75) is 37.0 Å². The zero-order valence-corrected chi connectivity index (χ0v) is 41.1. The monoisotopic (exact) mass is 957 g/mol. The third-order valence-corrected chi connectivity index (χ3v) is 18.0. The molecular weight excluding hydrogens is 915 g/mol. The molecule has 0 saturated carbocycles. The zero-order chi connectivity index (χ0) is 47.7. The average molecular weight is 958 g/mol. The first-order valence-corrected chi connectivity index (χ1v) is 26.3. The molecular formula is C65H43N5S2. The zero-order valence-electron chi connectivity index (χ0n) is 39.5. The van der Waals surface area contributed by atoms with Crippen LogP contribution in [-0.4, -0.2) is 24.9 Å². The van der Waals surface area contributed by atoms with E-state index in [1.807, 2.05) is 59.1 Å². The van der Waals surface area contributed by atoms with E-state index in [2.05, 4.69) is 184 Å². The minimum Gasteiger partial charge on any atom is -0.231 e. The van der Waals surface area contributed by atoms with Gasteiger partial charge in [0.2, 0.25) is 0 Å². The molecule has 4 heterocycles. The van der Waals surface area contributed by atoms with Gasteiger partial charge in [-0.15, -0.1) is 22.7 Å². The Kier molecular flexibility index (Phi) is 9.02. The van der Waals surface area contributed by atoms with Crippen LogP contribution in [0.25, 0.3) is 93.1 Å². The molecule has 72 heavy (non-hydrogen) atoms. The third-order valence-electron chi connectivity index (χ3n) is 15.6. The van der Waals surface area contributed by atoms with Crippen LogP contribution in [0.3, 0.4) is 0 Å². The van der Waals surface area contributed by atoms with Gasteiger partial charge in [-0.2, -0.15) is 0 Å². The number of hydrogen-bond acceptors (Lipinski definition) is 7. The summed E-state index contributed by atoms with van der Waals surface area (Å²) >= 11 is 3.72. The number of aromatic nitrogens is 5. The third kappa shape index (κ3) is 5.95. The maximum absolute atomic E-state index is 5.68. The summed E-state index contributed by atoms with van der Waals surface area (Å²) in [6.45, 7) is 4.74. The van der Waals surface area contributed by atoms with E-state index < -0.39 is 5.41 Å². The van der Waals surface area contributed by atoms with Gasteiger partial charge in [0, 0.05) is 53.2 Å². The van der Waals surface area contributed by atoms with Crippen molar-refractivity contribution in [3.8, 4) is 56.7 Å². The SMILES string of the molecule is CC1(C)c2ccccc2C2(c3ccc(-c4nc(C5C=Cc6c(sc7ccccc67)C5)c5sc6ccccc6c5n4)cc3-c3c(-c4nc(-c5ccccc5)nc(-c5ccccc5)n4)cccc32)c2ccccc21. The second kappa shape index (κ2) is 15.6. The number of fused-ring (bicyclic) bond motifs is 15. The molecule has 3 aliphatic carbocycles. The van der Waals surface area contributed by atoms with E-state index in [-0.39, 0.29) is 11.3 Å². The largest absolute Gasteiger partial charge is 0.231 e. The van der Waals surface area contributed by atoms with Crippen molar-refractivity contribution >= 4 is 59.1 Å².